The molecule has 0 aliphatic rings. The minimum absolute atomic E-state index is 0.296. The Morgan fingerprint density at radius 2 is 1.61 bits per heavy atom. The fourth-order valence-electron chi connectivity index (χ4n) is 2.21. The van der Waals surface area contributed by atoms with Gasteiger partial charge < -0.3 is 14.4 Å². The quantitative estimate of drug-likeness (QED) is 0.531. The van der Waals surface area contributed by atoms with E-state index in [1.807, 2.05) is 36.4 Å². The van der Waals surface area contributed by atoms with Crippen LogP contribution in [0.3, 0.4) is 0 Å². The number of nitrogens with zero attached hydrogens (tertiary/aromatic N) is 1. The van der Waals surface area contributed by atoms with E-state index < -0.39 is 6.16 Å². The van der Waals surface area contributed by atoms with Crippen LogP contribution in [-0.4, -0.2) is 25.9 Å². The van der Waals surface area contributed by atoms with Crippen molar-refractivity contribution in [1.29, 1.82) is 0 Å². The van der Waals surface area contributed by atoms with Crippen molar-refractivity contribution in [3.05, 3.63) is 60.7 Å². The van der Waals surface area contributed by atoms with E-state index in [0.29, 0.717) is 18.9 Å². The van der Waals surface area contributed by atoms with Crippen molar-refractivity contribution in [2.75, 3.05) is 24.6 Å². The van der Waals surface area contributed by atoms with E-state index in [4.69, 9.17) is 9.47 Å². The van der Waals surface area contributed by atoms with Crippen LogP contribution < -0.4 is 9.64 Å². The van der Waals surface area contributed by atoms with Crippen molar-refractivity contribution in [3.8, 4) is 5.75 Å². The van der Waals surface area contributed by atoms with Gasteiger partial charge in [0, 0.05) is 12.2 Å². The lowest BCUT2D eigenvalue weighted by Gasteiger charge is -2.24. The van der Waals surface area contributed by atoms with Crippen molar-refractivity contribution in [2.24, 2.45) is 0 Å². The highest BCUT2D eigenvalue weighted by molar-refractivity contribution is 5.63. The predicted octanol–water partition coefficient (Wildman–Crippen LogP) is 4.51. The van der Waals surface area contributed by atoms with E-state index in [9.17, 15) is 4.79 Å². The second-order valence-corrected chi connectivity index (χ2v) is 5.19. The Labute approximate surface area is 137 Å². The van der Waals surface area contributed by atoms with Crippen molar-refractivity contribution in [2.45, 2.75) is 19.8 Å². The van der Waals surface area contributed by atoms with Gasteiger partial charge in [-0.3, -0.25) is 0 Å². The summed E-state index contributed by atoms with van der Waals surface area (Å²) < 4.78 is 10.3. The standard InChI is InChI=1S/C19H23NO3/c1-2-3-14-20(17-10-6-4-7-11-17)15-16-22-19(21)23-18-12-8-5-9-13-18/h4-13H,2-3,14-16H2,1H3. The normalized spacial score (nSPS) is 10.1. The summed E-state index contributed by atoms with van der Waals surface area (Å²) in [6.45, 7) is 4.05. The molecule has 0 aliphatic heterocycles. The highest BCUT2D eigenvalue weighted by Gasteiger charge is 2.09. The minimum Gasteiger partial charge on any atom is -0.432 e. The number of hydrogen-bond donors (Lipinski definition) is 0. The summed E-state index contributed by atoms with van der Waals surface area (Å²) in [4.78, 5) is 13.9. The fraction of sp³-hybridized carbons (Fsp3) is 0.316. The molecule has 0 aliphatic carbocycles. The summed E-state index contributed by atoms with van der Waals surface area (Å²) in [6, 6.07) is 19.1. The van der Waals surface area contributed by atoms with E-state index in [1.54, 1.807) is 12.1 Å². The number of carbonyl (C=O) groups is 1. The molecule has 0 aromatic heterocycles. The van der Waals surface area contributed by atoms with Gasteiger partial charge in [-0.15, -0.1) is 0 Å². The number of rotatable bonds is 8. The third kappa shape index (κ3) is 6.02. The second-order valence-electron chi connectivity index (χ2n) is 5.19. The molecule has 2 aromatic carbocycles. The zero-order chi connectivity index (χ0) is 16.3. The molecule has 0 N–H and O–H groups in total. The molecule has 0 spiro atoms. The summed E-state index contributed by atoms with van der Waals surface area (Å²) in [5.41, 5.74) is 1.14. The molecular weight excluding hydrogens is 290 g/mol. The largest absolute Gasteiger partial charge is 0.513 e. The van der Waals surface area contributed by atoms with Crippen molar-refractivity contribution in [3.63, 3.8) is 0 Å². The maximum absolute atomic E-state index is 11.7. The van der Waals surface area contributed by atoms with Crippen LogP contribution in [-0.2, 0) is 4.74 Å². The second kappa shape index (κ2) is 9.51. The topological polar surface area (TPSA) is 38.8 Å². The molecule has 0 fully saturated rings. The number of para-hydroxylation sites is 2. The molecule has 0 amide bonds. The molecule has 0 radical (unpaired) electrons. The average Bonchev–Trinajstić information content (AvgIpc) is 2.59. The predicted molar refractivity (Wildman–Crippen MR) is 92.0 cm³/mol. The first-order chi connectivity index (χ1) is 11.3. The molecule has 4 heteroatoms. The van der Waals surface area contributed by atoms with Gasteiger partial charge >= 0.3 is 6.16 Å². The van der Waals surface area contributed by atoms with E-state index >= 15 is 0 Å². The molecule has 0 bridgehead atoms. The van der Waals surface area contributed by atoms with Gasteiger partial charge in [-0.25, -0.2) is 4.79 Å². The first-order valence-corrected chi connectivity index (χ1v) is 7.99. The van der Waals surface area contributed by atoms with Crippen LogP contribution in [0.2, 0.25) is 0 Å². The van der Waals surface area contributed by atoms with Crippen LogP contribution in [0.1, 0.15) is 19.8 Å². The molecular formula is C19H23NO3. The van der Waals surface area contributed by atoms with Gasteiger partial charge in [-0.1, -0.05) is 49.7 Å². The first kappa shape index (κ1) is 16.9. The Hall–Kier alpha value is -2.49. The summed E-state index contributed by atoms with van der Waals surface area (Å²) >= 11 is 0. The number of benzene rings is 2. The SMILES string of the molecule is CCCCN(CCOC(=O)Oc1ccccc1)c1ccccc1. The molecule has 23 heavy (non-hydrogen) atoms. The zero-order valence-corrected chi connectivity index (χ0v) is 13.5. The van der Waals surface area contributed by atoms with Gasteiger partial charge in [0.15, 0.2) is 0 Å². The number of anilines is 1. The number of ether oxygens (including phenoxy) is 2. The van der Waals surface area contributed by atoms with Gasteiger partial charge in [-0.2, -0.15) is 0 Å². The molecule has 2 aromatic rings. The summed E-state index contributed by atoms with van der Waals surface area (Å²) in [5.74, 6) is 0.489. The van der Waals surface area contributed by atoms with E-state index in [1.165, 1.54) is 0 Å². The Kier molecular flexibility index (Phi) is 6.98. The Morgan fingerprint density at radius 1 is 0.957 bits per heavy atom. The molecule has 4 nitrogen and oxygen atoms in total. The minimum atomic E-state index is -0.667. The lowest BCUT2D eigenvalue weighted by molar-refractivity contribution is 0.101. The molecule has 2 rings (SSSR count). The first-order valence-electron chi connectivity index (χ1n) is 7.99. The molecule has 0 atom stereocenters. The Balaban J connectivity index is 1.80. The lowest BCUT2D eigenvalue weighted by Crippen LogP contribution is -2.29. The number of unbranched alkanes of at least 4 members (excludes halogenated alkanes) is 1. The van der Waals surface area contributed by atoms with E-state index in [-0.39, 0.29) is 0 Å². The number of carbonyl (C=O) groups excluding carboxylic acids is 1. The molecule has 0 heterocycles. The Bertz CT molecular complexity index is 572. The average molecular weight is 313 g/mol. The fourth-order valence-corrected chi connectivity index (χ4v) is 2.21. The van der Waals surface area contributed by atoms with Crippen molar-refractivity contribution in [1.82, 2.24) is 0 Å². The van der Waals surface area contributed by atoms with Crippen LogP contribution in [0, 0.1) is 0 Å². The zero-order valence-electron chi connectivity index (χ0n) is 13.5. The van der Waals surface area contributed by atoms with Crippen LogP contribution in [0.4, 0.5) is 10.5 Å². The molecule has 122 valence electrons. The van der Waals surface area contributed by atoms with Crippen LogP contribution in [0.25, 0.3) is 0 Å². The van der Waals surface area contributed by atoms with Crippen LogP contribution >= 0.6 is 0 Å². The van der Waals surface area contributed by atoms with Gasteiger partial charge in [0.2, 0.25) is 0 Å². The van der Waals surface area contributed by atoms with Gasteiger partial charge in [0.25, 0.3) is 0 Å². The van der Waals surface area contributed by atoms with E-state index in [2.05, 4.69) is 24.0 Å². The highest BCUT2D eigenvalue weighted by Crippen LogP contribution is 2.14. The third-order valence-corrected chi connectivity index (χ3v) is 3.43. The third-order valence-electron chi connectivity index (χ3n) is 3.43. The Morgan fingerprint density at radius 3 is 2.26 bits per heavy atom. The van der Waals surface area contributed by atoms with Crippen LogP contribution in [0.5, 0.6) is 5.75 Å². The van der Waals surface area contributed by atoms with Crippen LogP contribution in [0.15, 0.2) is 60.7 Å². The highest BCUT2D eigenvalue weighted by atomic mass is 16.7. The van der Waals surface area contributed by atoms with Crippen molar-refractivity contribution < 1.29 is 14.3 Å². The lowest BCUT2D eigenvalue weighted by atomic mass is 10.2. The van der Waals surface area contributed by atoms with Gasteiger partial charge in [0.1, 0.15) is 12.4 Å². The summed E-state index contributed by atoms with van der Waals surface area (Å²) in [6.07, 6.45) is 1.56. The summed E-state index contributed by atoms with van der Waals surface area (Å²) in [7, 11) is 0. The maximum Gasteiger partial charge on any atom is 0.513 e. The van der Waals surface area contributed by atoms with Gasteiger partial charge in [0.05, 0.1) is 6.54 Å². The maximum atomic E-state index is 11.7. The smallest absolute Gasteiger partial charge is 0.432 e. The van der Waals surface area contributed by atoms with Gasteiger partial charge in [-0.05, 0) is 30.7 Å². The van der Waals surface area contributed by atoms with E-state index in [0.717, 1.165) is 25.1 Å². The van der Waals surface area contributed by atoms with Crippen molar-refractivity contribution >= 4 is 11.8 Å². The molecule has 0 unspecified atom stereocenters. The molecule has 0 saturated heterocycles. The summed E-state index contributed by atoms with van der Waals surface area (Å²) in [5, 5.41) is 0. The monoisotopic (exact) mass is 313 g/mol. The molecule has 0 saturated carbocycles. The number of hydrogen-bond acceptors (Lipinski definition) is 4.